The van der Waals surface area contributed by atoms with Crippen LogP contribution in [0.5, 0.6) is 0 Å². The normalized spacial score (nSPS) is 18.0. The Balaban J connectivity index is 1.33. The highest BCUT2D eigenvalue weighted by atomic mass is 16.1. The van der Waals surface area contributed by atoms with Gasteiger partial charge in [-0.3, -0.25) is 14.8 Å². The van der Waals surface area contributed by atoms with Crippen LogP contribution in [-0.2, 0) is 6.54 Å². The summed E-state index contributed by atoms with van der Waals surface area (Å²) >= 11 is 0. The van der Waals surface area contributed by atoms with Gasteiger partial charge < -0.3 is 10.3 Å². The van der Waals surface area contributed by atoms with Crippen LogP contribution in [0.2, 0.25) is 0 Å². The van der Waals surface area contributed by atoms with Crippen molar-refractivity contribution in [3.63, 3.8) is 0 Å². The highest BCUT2D eigenvalue weighted by Crippen LogP contribution is 2.19. The average molecular weight is 338 g/mol. The molecule has 0 bridgehead atoms. The van der Waals surface area contributed by atoms with Crippen molar-refractivity contribution in [1.82, 2.24) is 30.4 Å². The van der Waals surface area contributed by atoms with E-state index in [1.165, 1.54) is 0 Å². The minimum Gasteiger partial charge on any atom is -0.350 e. The number of carbonyl (C=O) groups is 1. The quantitative estimate of drug-likeness (QED) is 0.662. The summed E-state index contributed by atoms with van der Waals surface area (Å²) in [7, 11) is 0. The Kier molecular flexibility index (Phi) is 4.23. The molecule has 1 atom stereocenters. The van der Waals surface area contributed by atoms with Crippen molar-refractivity contribution in [3.8, 4) is 0 Å². The van der Waals surface area contributed by atoms with Crippen molar-refractivity contribution in [3.05, 3.63) is 47.7 Å². The Labute approximate surface area is 145 Å². The number of aryl methyl sites for hydroxylation is 1. The first-order valence-electron chi connectivity index (χ1n) is 8.61. The van der Waals surface area contributed by atoms with Crippen LogP contribution in [0.15, 0.2) is 30.7 Å². The van der Waals surface area contributed by atoms with Gasteiger partial charge in [0.05, 0.1) is 11.8 Å². The van der Waals surface area contributed by atoms with Gasteiger partial charge in [-0.15, -0.1) is 0 Å². The largest absolute Gasteiger partial charge is 0.350 e. The van der Waals surface area contributed by atoms with Crippen LogP contribution in [0, 0.1) is 12.8 Å². The first kappa shape index (κ1) is 15.8. The Hall–Kier alpha value is -2.67. The third kappa shape index (κ3) is 3.41. The molecule has 0 spiro atoms. The van der Waals surface area contributed by atoms with Gasteiger partial charge in [0.25, 0.3) is 5.91 Å². The fourth-order valence-electron chi connectivity index (χ4n) is 3.46. The predicted molar refractivity (Wildman–Crippen MR) is 95.1 cm³/mol. The molecule has 0 saturated carbocycles. The van der Waals surface area contributed by atoms with Crippen LogP contribution in [0.25, 0.3) is 10.9 Å². The Morgan fingerprint density at radius 3 is 3.20 bits per heavy atom. The van der Waals surface area contributed by atoms with Crippen molar-refractivity contribution in [2.24, 2.45) is 5.92 Å². The van der Waals surface area contributed by atoms with Crippen LogP contribution >= 0.6 is 0 Å². The van der Waals surface area contributed by atoms with E-state index >= 15 is 0 Å². The van der Waals surface area contributed by atoms with Crippen molar-refractivity contribution in [1.29, 1.82) is 0 Å². The van der Waals surface area contributed by atoms with Crippen molar-refractivity contribution in [2.45, 2.75) is 19.9 Å². The number of rotatable bonds is 5. The second-order valence-corrected chi connectivity index (χ2v) is 6.80. The molecule has 3 aromatic rings. The number of carbonyl (C=O) groups excluding carboxylic acids is 1. The smallest absolute Gasteiger partial charge is 0.272 e. The molecule has 3 N–H and O–H groups in total. The van der Waals surface area contributed by atoms with Gasteiger partial charge in [0.2, 0.25) is 0 Å². The summed E-state index contributed by atoms with van der Waals surface area (Å²) in [5.41, 5.74) is 3.62. The van der Waals surface area contributed by atoms with E-state index in [4.69, 9.17) is 0 Å². The lowest BCUT2D eigenvalue weighted by Crippen LogP contribution is -2.31. The Bertz CT molecular complexity index is 869. The van der Waals surface area contributed by atoms with Crippen molar-refractivity contribution >= 4 is 16.8 Å². The van der Waals surface area contributed by atoms with E-state index in [0.29, 0.717) is 18.2 Å². The van der Waals surface area contributed by atoms with E-state index in [0.717, 1.165) is 48.2 Å². The molecular formula is C18H22N6O. The Morgan fingerprint density at radius 2 is 2.36 bits per heavy atom. The highest BCUT2D eigenvalue weighted by Gasteiger charge is 2.24. The van der Waals surface area contributed by atoms with E-state index in [9.17, 15) is 4.79 Å². The van der Waals surface area contributed by atoms with Gasteiger partial charge in [-0.1, -0.05) is 11.6 Å². The summed E-state index contributed by atoms with van der Waals surface area (Å²) in [5.74, 6) is 0.364. The second-order valence-electron chi connectivity index (χ2n) is 6.80. The molecular weight excluding hydrogens is 316 g/mol. The molecule has 2 aromatic heterocycles. The first-order chi connectivity index (χ1) is 12.2. The zero-order chi connectivity index (χ0) is 17.2. The molecule has 1 unspecified atom stereocenters. The lowest BCUT2D eigenvalue weighted by molar-refractivity contribution is 0.0944. The maximum Gasteiger partial charge on any atom is 0.272 e. The van der Waals surface area contributed by atoms with Crippen LogP contribution in [0.3, 0.4) is 0 Å². The molecule has 0 radical (unpaired) electrons. The number of hydrogen-bond donors (Lipinski definition) is 3. The molecule has 3 heterocycles. The number of aromatic nitrogens is 4. The molecule has 25 heavy (non-hydrogen) atoms. The van der Waals surface area contributed by atoms with Crippen molar-refractivity contribution in [2.75, 3.05) is 19.6 Å². The Morgan fingerprint density at radius 1 is 1.44 bits per heavy atom. The molecule has 7 heteroatoms. The average Bonchev–Trinajstić information content (AvgIpc) is 3.33. The third-order valence-corrected chi connectivity index (χ3v) is 4.80. The molecule has 1 aromatic carbocycles. The van der Waals surface area contributed by atoms with Crippen LogP contribution in [0.1, 0.15) is 28.2 Å². The number of fused-ring (bicyclic) bond motifs is 1. The minimum absolute atomic E-state index is 0.108. The molecule has 1 fully saturated rings. The molecule has 1 aliphatic rings. The maximum atomic E-state index is 12.5. The lowest BCUT2D eigenvalue weighted by atomic mass is 10.1. The zero-order valence-electron chi connectivity index (χ0n) is 14.2. The third-order valence-electron chi connectivity index (χ3n) is 4.80. The van der Waals surface area contributed by atoms with Gasteiger partial charge in [-0.05, 0) is 37.9 Å². The standard InChI is InChI=1S/C18H22N6O/c1-12-2-3-16-15(6-12)17(23-22-16)18(25)20-7-13-4-5-24(9-13)10-14-8-19-11-21-14/h2-3,6,8,11,13H,4-5,7,9-10H2,1H3,(H,19,21)(H,20,25)(H,22,23). The number of nitrogens with one attached hydrogen (secondary N) is 3. The number of benzene rings is 1. The summed E-state index contributed by atoms with van der Waals surface area (Å²) in [6.07, 6.45) is 4.66. The first-order valence-corrected chi connectivity index (χ1v) is 8.61. The minimum atomic E-state index is -0.108. The number of amides is 1. The van der Waals surface area contributed by atoms with Crippen molar-refractivity contribution < 1.29 is 4.79 Å². The van der Waals surface area contributed by atoms with Gasteiger partial charge in [0, 0.05) is 36.9 Å². The summed E-state index contributed by atoms with van der Waals surface area (Å²) in [5, 5.41) is 11.0. The van der Waals surface area contributed by atoms with Crippen LogP contribution < -0.4 is 5.32 Å². The van der Waals surface area contributed by atoms with Crippen LogP contribution in [0.4, 0.5) is 0 Å². The number of hydrogen-bond acceptors (Lipinski definition) is 4. The van der Waals surface area contributed by atoms with Gasteiger partial charge >= 0.3 is 0 Å². The summed E-state index contributed by atoms with van der Waals surface area (Å²) in [6, 6.07) is 5.96. The highest BCUT2D eigenvalue weighted by molar-refractivity contribution is 6.04. The number of H-pyrrole nitrogens is 2. The molecule has 130 valence electrons. The number of likely N-dealkylation sites (tertiary alicyclic amines) is 1. The van der Waals surface area contributed by atoms with E-state index in [-0.39, 0.29) is 5.91 Å². The number of aromatic amines is 2. The number of imidazole rings is 1. The zero-order valence-corrected chi connectivity index (χ0v) is 14.2. The summed E-state index contributed by atoms with van der Waals surface area (Å²) in [6.45, 7) is 5.61. The number of nitrogens with zero attached hydrogens (tertiary/aromatic N) is 3. The van der Waals surface area contributed by atoms with Crippen LogP contribution in [-0.4, -0.2) is 50.6 Å². The van der Waals surface area contributed by atoms with E-state index in [2.05, 4.69) is 30.4 Å². The van der Waals surface area contributed by atoms with E-state index in [1.807, 2.05) is 31.3 Å². The SMILES string of the molecule is Cc1ccc2[nH]nc(C(=O)NCC3CCN(Cc4cnc[nH]4)C3)c2c1. The molecule has 0 aliphatic carbocycles. The summed E-state index contributed by atoms with van der Waals surface area (Å²) < 4.78 is 0. The van der Waals surface area contributed by atoms with Gasteiger partial charge in [-0.25, -0.2) is 4.98 Å². The fourth-order valence-corrected chi connectivity index (χ4v) is 3.46. The van der Waals surface area contributed by atoms with E-state index in [1.54, 1.807) is 6.33 Å². The van der Waals surface area contributed by atoms with Gasteiger partial charge in [-0.2, -0.15) is 5.10 Å². The van der Waals surface area contributed by atoms with Gasteiger partial charge in [0.15, 0.2) is 5.69 Å². The molecule has 1 saturated heterocycles. The summed E-state index contributed by atoms with van der Waals surface area (Å²) in [4.78, 5) is 22.1. The molecule has 4 rings (SSSR count). The maximum absolute atomic E-state index is 12.5. The lowest BCUT2D eigenvalue weighted by Gasteiger charge is -2.15. The van der Waals surface area contributed by atoms with Gasteiger partial charge in [0.1, 0.15) is 0 Å². The molecule has 1 aliphatic heterocycles. The molecule has 7 nitrogen and oxygen atoms in total. The predicted octanol–water partition coefficient (Wildman–Crippen LogP) is 1.85. The van der Waals surface area contributed by atoms with E-state index < -0.39 is 0 Å². The monoisotopic (exact) mass is 338 g/mol. The fraction of sp³-hybridized carbons (Fsp3) is 0.389. The second kappa shape index (κ2) is 6.68. The topological polar surface area (TPSA) is 89.7 Å². The molecule has 1 amide bonds.